The van der Waals surface area contributed by atoms with Gasteiger partial charge in [0.2, 0.25) is 5.71 Å². The van der Waals surface area contributed by atoms with Gasteiger partial charge in [-0.15, -0.1) is 0 Å². The van der Waals surface area contributed by atoms with Crippen LogP contribution >= 0.6 is 0 Å². The summed E-state index contributed by atoms with van der Waals surface area (Å²) in [6.45, 7) is 3.06. The summed E-state index contributed by atoms with van der Waals surface area (Å²) in [6, 6.07) is 9.82. The van der Waals surface area contributed by atoms with Crippen LogP contribution in [0.1, 0.15) is 30.1 Å². The zero-order valence-electron chi connectivity index (χ0n) is 14.4. The van der Waals surface area contributed by atoms with E-state index in [0.717, 1.165) is 12.8 Å². The minimum Gasteiger partial charge on any atom is -0.466 e. The van der Waals surface area contributed by atoms with Crippen molar-refractivity contribution >= 4 is 23.3 Å². The van der Waals surface area contributed by atoms with E-state index in [1.165, 1.54) is 0 Å². The molecule has 1 unspecified atom stereocenters. The molecule has 1 atom stereocenters. The Labute approximate surface area is 151 Å². The molecule has 1 saturated heterocycles. The molecule has 26 heavy (non-hydrogen) atoms. The number of anilines is 1. The van der Waals surface area contributed by atoms with Crippen molar-refractivity contribution in [3.05, 3.63) is 29.8 Å². The first-order chi connectivity index (χ1) is 12.6. The van der Waals surface area contributed by atoms with Crippen molar-refractivity contribution in [3.8, 4) is 12.1 Å². The second kappa shape index (κ2) is 9.19. The highest BCUT2D eigenvalue weighted by atomic mass is 16.5. The van der Waals surface area contributed by atoms with Crippen LogP contribution in [-0.2, 0) is 9.53 Å². The summed E-state index contributed by atoms with van der Waals surface area (Å²) in [5, 5.41) is 20.9. The maximum Gasteiger partial charge on any atom is 0.310 e. The molecular weight excluding hydrogens is 334 g/mol. The van der Waals surface area contributed by atoms with Crippen molar-refractivity contribution in [1.29, 1.82) is 10.5 Å². The fourth-order valence-electron chi connectivity index (χ4n) is 2.68. The van der Waals surface area contributed by atoms with Crippen LogP contribution < -0.4 is 5.43 Å². The zero-order valence-corrected chi connectivity index (χ0v) is 14.4. The summed E-state index contributed by atoms with van der Waals surface area (Å²) in [6.07, 6.45) is 1.48. The number of ether oxygens (including phenoxy) is 1. The molecule has 0 bridgehead atoms. The molecule has 1 heterocycles. The quantitative estimate of drug-likeness (QED) is 0.491. The average molecular weight is 353 g/mol. The van der Waals surface area contributed by atoms with E-state index in [-0.39, 0.29) is 23.5 Å². The number of nitrogens with one attached hydrogen (secondary N) is 1. The Hall–Kier alpha value is -3.39. The summed E-state index contributed by atoms with van der Waals surface area (Å²) in [4.78, 5) is 26.2. The lowest BCUT2D eigenvalue weighted by atomic mass is 9.97. The number of hydrogen-bond acceptors (Lipinski definition) is 7. The molecule has 0 saturated carbocycles. The molecule has 1 N–H and O–H groups in total. The van der Waals surface area contributed by atoms with Crippen LogP contribution in [-0.4, -0.2) is 42.2 Å². The molecule has 8 heteroatoms. The maximum atomic E-state index is 12.6. The third-order valence-corrected chi connectivity index (χ3v) is 3.97. The molecule has 1 aliphatic heterocycles. The number of esters is 1. The lowest BCUT2D eigenvalue weighted by molar-refractivity contribution is -0.149. The molecule has 0 spiro atoms. The lowest BCUT2D eigenvalue weighted by Crippen LogP contribution is -2.42. The zero-order chi connectivity index (χ0) is 18.9. The maximum absolute atomic E-state index is 12.6. The van der Waals surface area contributed by atoms with Crippen LogP contribution in [0.3, 0.4) is 0 Å². The number of benzene rings is 1. The number of nitrogens with zero attached hydrogens (tertiary/aromatic N) is 4. The van der Waals surface area contributed by atoms with E-state index in [2.05, 4.69) is 10.5 Å². The van der Waals surface area contributed by atoms with Gasteiger partial charge in [0.05, 0.1) is 18.2 Å². The van der Waals surface area contributed by atoms with E-state index in [0.29, 0.717) is 30.9 Å². The highest BCUT2D eigenvalue weighted by Crippen LogP contribution is 2.20. The van der Waals surface area contributed by atoms with Gasteiger partial charge in [0.1, 0.15) is 12.1 Å². The van der Waals surface area contributed by atoms with E-state index in [1.54, 1.807) is 48.2 Å². The minimum absolute atomic E-state index is 0.149. The van der Waals surface area contributed by atoms with E-state index in [9.17, 15) is 9.59 Å². The van der Waals surface area contributed by atoms with Crippen LogP contribution in [0.25, 0.3) is 0 Å². The second-order valence-electron chi connectivity index (χ2n) is 5.72. The number of likely N-dealkylation sites (tertiary alicyclic amines) is 1. The van der Waals surface area contributed by atoms with Gasteiger partial charge in [-0.3, -0.25) is 15.0 Å². The first-order valence-corrected chi connectivity index (χ1v) is 8.29. The van der Waals surface area contributed by atoms with Gasteiger partial charge in [0.25, 0.3) is 5.91 Å². The Kier molecular flexibility index (Phi) is 6.69. The first kappa shape index (κ1) is 18.9. The predicted octanol–water partition coefficient (Wildman–Crippen LogP) is 1.92. The number of hydrazone groups is 1. The van der Waals surface area contributed by atoms with Crippen molar-refractivity contribution in [1.82, 2.24) is 4.90 Å². The largest absolute Gasteiger partial charge is 0.466 e. The summed E-state index contributed by atoms with van der Waals surface area (Å²) < 4.78 is 5.05. The second-order valence-corrected chi connectivity index (χ2v) is 5.72. The fourth-order valence-corrected chi connectivity index (χ4v) is 2.68. The van der Waals surface area contributed by atoms with Crippen LogP contribution in [0.2, 0.25) is 0 Å². The number of nitriles is 2. The van der Waals surface area contributed by atoms with E-state index < -0.39 is 0 Å². The van der Waals surface area contributed by atoms with Crippen molar-refractivity contribution in [3.63, 3.8) is 0 Å². The molecule has 0 aromatic heterocycles. The Bertz CT molecular complexity index is 758. The third-order valence-electron chi connectivity index (χ3n) is 3.97. The topological polar surface area (TPSA) is 119 Å². The highest BCUT2D eigenvalue weighted by Gasteiger charge is 2.29. The van der Waals surface area contributed by atoms with Gasteiger partial charge in [-0.05, 0) is 44.0 Å². The number of rotatable bonds is 5. The number of carbonyl (C=O) groups excluding carboxylic acids is 2. The molecule has 1 aromatic carbocycles. The molecule has 8 nitrogen and oxygen atoms in total. The Morgan fingerprint density at radius 3 is 2.62 bits per heavy atom. The SMILES string of the molecule is CCOC(=O)C1CCCN(C(=O)c2ccc(NN=C(C#N)C#N)cc2)C1. The van der Waals surface area contributed by atoms with Crippen LogP contribution in [0.4, 0.5) is 5.69 Å². The molecular formula is C18H19N5O3. The molecule has 2 rings (SSSR count). The normalized spacial score (nSPS) is 16.0. The highest BCUT2D eigenvalue weighted by molar-refractivity contribution is 6.10. The van der Waals surface area contributed by atoms with Gasteiger partial charge in [-0.25, -0.2) is 0 Å². The third kappa shape index (κ3) is 4.81. The van der Waals surface area contributed by atoms with Gasteiger partial charge in [0.15, 0.2) is 0 Å². The smallest absolute Gasteiger partial charge is 0.310 e. The average Bonchev–Trinajstić information content (AvgIpc) is 2.69. The van der Waals surface area contributed by atoms with Crippen molar-refractivity contribution in [2.45, 2.75) is 19.8 Å². The predicted molar refractivity (Wildman–Crippen MR) is 94.0 cm³/mol. The summed E-state index contributed by atoms with van der Waals surface area (Å²) in [5.41, 5.74) is 3.34. The number of amides is 1. The number of hydrogen-bond donors (Lipinski definition) is 1. The monoisotopic (exact) mass is 353 g/mol. The molecule has 1 aromatic rings. The van der Waals surface area contributed by atoms with Gasteiger partial charge < -0.3 is 9.64 Å². The Balaban J connectivity index is 2.01. The summed E-state index contributed by atoms with van der Waals surface area (Å²) in [5.74, 6) is -0.685. The minimum atomic E-state index is -0.288. The van der Waals surface area contributed by atoms with Gasteiger partial charge in [-0.1, -0.05) is 0 Å². The van der Waals surface area contributed by atoms with Gasteiger partial charge >= 0.3 is 5.97 Å². The molecule has 1 amide bonds. The first-order valence-electron chi connectivity index (χ1n) is 8.29. The van der Waals surface area contributed by atoms with E-state index in [4.69, 9.17) is 15.3 Å². The molecule has 0 aliphatic carbocycles. The van der Waals surface area contributed by atoms with Crippen LogP contribution in [0, 0.1) is 28.6 Å². The molecule has 0 radical (unpaired) electrons. The van der Waals surface area contributed by atoms with Crippen LogP contribution in [0.15, 0.2) is 29.4 Å². The van der Waals surface area contributed by atoms with Crippen molar-refractivity contribution < 1.29 is 14.3 Å². The molecule has 1 fully saturated rings. The summed E-state index contributed by atoms with van der Waals surface area (Å²) in [7, 11) is 0. The molecule has 1 aliphatic rings. The molecule has 134 valence electrons. The summed E-state index contributed by atoms with van der Waals surface area (Å²) >= 11 is 0. The van der Waals surface area contributed by atoms with E-state index in [1.807, 2.05) is 0 Å². The van der Waals surface area contributed by atoms with Crippen molar-refractivity contribution in [2.24, 2.45) is 11.0 Å². The van der Waals surface area contributed by atoms with Gasteiger partial charge in [0, 0.05) is 18.7 Å². The Morgan fingerprint density at radius 1 is 1.31 bits per heavy atom. The number of piperidine rings is 1. The standard InChI is InChI=1S/C18H19N5O3/c1-2-26-18(25)14-4-3-9-23(12-14)17(24)13-5-7-15(8-6-13)21-22-16(10-19)11-20/h5-8,14,21H,2-4,9,12H2,1H3. The fraction of sp³-hybridized carbons (Fsp3) is 0.389. The number of carbonyl (C=O) groups is 2. The Morgan fingerprint density at radius 2 is 2.00 bits per heavy atom. The lowest BCUT2D eigenvalue weighted by Gasteiger charge is -2.31. The van der Waals surface area contributed by atoms with Crippen molar-refractivity contribution in [2.75, 3.05) is 25.1 Å². The van der Waals surface area contributed by atoms with E-state index >= 15 is 0 Å². The van der Waals surface area contributed by atoms with Gasteiger partial charge in [-0.2, -0.15) is 15.6 Å². The van der Waals surface area contributed by atoms with Crippen LogP contribution in [0.5, 0.6) is 0 Å².